The van der Waals surface area contributed by atoms with E-state index in [1.54, 1.807) is 24.3 Å². The monoisotopic (exact) mass is 436 g/mol. The summed E-state index contributed by atoms with van der Waals surface area (Å²) in [5.41, 5.74) is -0.891. The average Bonchev–Trinajstić information content (AvgIpc) is 3.25. The maximum atomic E-state index is 13.3. The van der Waals surface area contributed by atoms with Crippen molar-refractivity contribution in [1.29, 1.82) is 0 Å². The third-order valence-electron chi connectivity index (χ3n) is 6.37. The molecule has 31 heavy (non-hydrogen) atoms. The number of nitrogens with zero attached hydrogens (tertiary/aromatic N) is 3. The summed E-state index contributed by atoms with van der Waals surface area (Å²) in [6, 6.07) is 6.65. The summed E-state index contributed by atoms with van der Waals surface area (Å²) in [4.78, 5) is 26.6. The largest absolute Gasteiger partial charge is 0.508 e. The van der Waals surface area contributed by atoms with Crippen molar-refractivity contribution in [3.8, 4) is 5.75 Å². The van der Waals surface area contributed by atoms with Crippen LogP contribution in [-0.4, -0.2) is 44.7 Å². The third kappa shape index (κ3) is 4.11. The van der Waals surface area contributed by atoms with E-state index < -0.39 is 23.3 Å². The van der Waals surface area contributed by atoms with Gasteiger partial charge in [0.2, 0.25) is 5.91 Å². The number of carbonyl (C=O) groups excluding carboxylic acids is 2. The number of nitrogens with one attached hydrogen (secondary N) is 1. The maximum absolute atomic E-state index is 13.3. The number of aromatic nitrogens is 2. The molecule has 2 heterocycles. The number of likely N-dealkylation sites (tertiary alicyclic amines) is 1. The van der Waals surface area contributed by atoms with Gasteiger partial charge in [0.25, 0.3) is 5.91 Å². The molecule has 7 nitrogen and oxygen atoms in total. The molecule has 1 unspecified atom stereocenters. The van der Waals surface area contributed by atoms with Crippen molar-refractivity contribution in [2.24, 2.45) is 18.4 Å². The number of phenols is 1. The van der Waals surface area contributed by atoms with Crippen LogP contribution in [0.5, 0.6) is 5.75 Å². The second-order valence-corrected chi connectivity index (χ2v) is 8.33. The second-order valence-electron chi connectivity index (χ2n) is 8.33. The molecule has 1 aromatic carbocycles. The molecule has 2 fully saturated rings. The quantitative estimate of drug-likeness (QED) is 0.772. The molecule has 1 aliphatic carbocycles. The summed E-state index contributed by atoms with van der Waals surface area (Å²) in [7, 11) is 1.16. The van der Waals surface area contributed by atoms with Gasteiger partial charge in [-0.2, -0.15) is 18.3 Å². The standard InChI is InChI=1S/C21H23F3N4O3/c1-27-17(21(22,23)24)15(12-26-27)19(31)28-7-5-20(6-8-28)10-16(20)18(30)25-11-13-3-2-4-14(29)9-13/h2-4,9,12,16,29H,5-8,10-11H2,1H3,(H,25,30). The van der Waals surface area contributed by atoms with Crippen LogP contribution in [-0.2, 0) is 24.6 Å². The predicted molar refractivity (Wildman–Crippen MR) is 104 cm³/mol. The molecule has 2 aromatic rings. The number of alkyl halides is 3. The number of hydrogen-bond acceptors (Lipinski definition) is 4. The lowest BCUT2D eigenvalue weighted by Gasteiger charge is -2.33. The van der Waals surface area contributed by atoms with Gasteiger partial charge < -0.3 is 15.3 Å². The topological polar surface area (TPSA) is 87.5 Å². The van der Waals surface area contributed by atoms with Crippen molar-refractivity contribution in [3.63, 3.8) is 0 Å². The van der Waals surface area contributed by atoms with Crippen molar-refractivity contribution < 1.29 is 27.9 Å². The number of halogens is 3. The van der Waals surface area contributed by atoms with Crippen LogP contribution in [0.1, 0.15) is 40.9 Å². The van der Waals surface area contributed by atoms with E-state index in [2.05, 4.69) is 10.4 Å². The van der Waals surface area contributed by atoms with Gasteiger partial charge in [-0.1, -0.05) is 12.1 Å². The molecule has 0 bridgehead atoms. The lowest BCUT2D eigenvalue weighted by atomic mass is 9.90. The number of hydrogen-bond donors (Lipinski definition) is 2. The summed E-state index contributed by atoms with van der Waals surface area (Å²) >= 11 is 0. The van der Waals surface area contributed by atoms with Crippen LogP contribution in [0, 0.1) is 11.3 Å². The Kier molecular flexibility index (Phi) is 5.18. The minimum atomic E-state index is -4.66. The highest BCUT2D eigenvalue weighted by molar-refractivity contribution is 5.95. The van der Waals surface area contributed by atoms with E-state index in [-0.39, 0.29) is 23.0 Å². The number of amides is 2. The van der Waals surface area contributed by atoms with Crippen molar-refractivity contribution in [2.45, 2.75) is 32.0 Å². The minimum Gasteiger partial charge on any atom is -0.508 e. The number of aryl methyl sites for hydroxylation is 1. The average molecular weight is 436 g/mol. The van der Waals surface area contributed by atoms with Crippen LogP contribution < -0.4 is 5.32 Å². The summed E-state index contributed by atoms with van der Waals surface area (Å²) in [5.74, 6) is -0.782. The summed E-state index contributed by atoms with van der Waals surface area (Å²) in [6.07, 6.45) is -1.84. The van der Waals surface area contributed by atoms with Gasteiger partial charge in [-0.05, 0) is 42.4 Å². The molecule has 1 aromatic heterocycles. The fraction of sp³-hybridized carbons (Fsp3) is 0.476. The van der Waals surface area contributed by atoms with Gasteiger partial charge in [0, 0.05) is 32.6 Å². The summed E-state index contributed by atoms with van der Waals surface area (Å²) < 4.78 is 40.5. The number of phenolic OH excluding ortho intramolecular Hbond substituents is 1. The van der Waals surface area contributed by atoms with Crippen LogP contribution in [0.3, 0.4) is 0 Å². The number of benzene rings is 1. The van der Waals surface area contributed by atoms with Gasteiger partial charge >= 0.3 is 6.18 Å². The fourth-order valence-corrected chi connectivity index (χ4v) is 4.51. The molecule has 0 radical (unpaired) electrons. The van der Waals surface area contributed by atoms with E-state index in [0.717, 1.165) is 18.8 Å². The van der Waals surface area contributed by atoms with Gasteiger partial charge in [-0.15, -0.1) is 0 Å². The molecule has 2 amide bonds. The van der Waals surface area contributed by atoms with E-state index >= 15 is 0 Å². The van der Waals surface area contributed by atoms with Gasteiger partial charge in [-0.25, -0.2) is 0 Å². The molecule has 1 saturated heterocycles. The van der Waals surface area contributed by atoms with Crippen molar-refractivity contribution >= 4 is 11.8 Å². The summed E-state index contributed by atoms with van der Waals surface area (Å²) in [5, 5.41) is 16.0. The fourth-order valence-electron chi connectivity index (χ4n) is 4.51. The van der Waals surface area contributed by atoms with Crippen LogP contribution in [0.25, 0.3) is 0 Å². The van der Waals surface area contributed by atoms with Gasteiger partial charge in [-0.3, -0.25) is 14.3 Å². The zero-order chi connectivity index (χ0) is 22.4. The molecule has 2 N–H and O–H groups in total. The van der Waals surface area contributed by atoms with Gasteiger partial charge in [0.1, 0.15) is 5.75 Å². The molecule has 166 valence electrons. The molecular formula is C21H23F3N4O3. The van der Waals surface area contributed by atoms with Crippen LogP contribution in [0.2, 0.25) is 0 Å². The predicted octanol–water partition coefficient (Wildman–Crippen LogP) is 2.70. The first kappa shape index (κ1) is 21.2. The highest BCUT2D eigenvalue weighted by Crippen LogP contribution is 2.59. The van der Waals surface area contributed by atoms with Gasteiger partial charge in [0.15, 0.2) is 5.69 Å². The molecule has 10 heteroatoms. The molecule has 1 saturated carbocycles. The Bertz CT molecular complexity index is 1010. The van der Waals surface area contributed by atoms with Crippen molar-refractivity contribution in [3.05, 3.63) is 47.3 Å². The minimum absolute atomic E-state index is 0.0743. The van der Waals surface area contributed by atoms with Crippen LogP contribution in [0.15, 0.2) is 30.5 Å². The highest BCUT2D eigenvalue weighted by atomic mass is 19.4. The third-order valence-corrected chi connectivity index (χ3v) is 6.37. The Hall–Kier alpha value is -3.04. The molecule has 1 atom stereocenters. The number of piperidine rings is 1. The highest BCUT2D eigenvalue weighted by Gasteiger charge is 2.58. The van der Waals surface area contributed by atoms with Gasteiger partial charge in [0.05, 0.1) is 11.8 Å². The Morgan fingerprint density at radius 2 is 2.00 bits per heavy atom. The molecule has 4 rings (SSSR count). The van der Waals surface area contributed by atoms with E-state index in [9.17, 15) is 27.9 Å². The number of carbonyl (C=O) groups is 2. The Morgan fingerprint density at radius 3 is 2.65 bits per heavy atom. The lowest BCUT2D eigenvalue weighted by molar-refractivity contribution is -0.144. The first-order valence-electron chi connectivity index (χ1n) is 10.0. The SMILES string of the molecule is Cn1ncc(C(=O)N2CCC3(CC2)CC3C(=O)NCc2cccc(O)c2)c1C(F)(F)F. The van der Waals surface area contributed by atoms with E-state index in [0.29, 0.717) is 43.6 Å². The smallest absolute Gasteiger partial charge is 0.433 e. The molecule has 1 aliphatic heterocycles. The van der Waals surface area contributed by atoms with E-state index in [4.69, 9.17) is 0 Å². The first-order valence-corrected chi connectivity index (χ1v) is 10.0. The Morgan fingerprint density at radius 1 is 1.29 bits per heavy atom. The first-order chi connectivity index (χ1) is 14.6. The second kappa shape index (κ2) is 7.58. The Labute approximate surface area is 176 Å². The number of aromatic hydroxyl groups is 1. The lowest BCUT2D eigenvalue weighted by Crippen LogP contribution is -2.41. The molecule has 2 aliphatic rings. The Balaban J connectivity index is 1.33. The summed E-state index contributed by atoms with van der Waals surface area (Å²) in [6.45, 7) is 0.925. The maximum Gasteiger partial charge on any atom is 0.433 e. The molecular weight excluding hydrogens is 413 g/mol. The van der Waals surface area contributed by atoms with Crippen molar-refractivity contribution in [1.82, 2.24) is 20.0 Å². The molecule has 1 spiro atoms. The zero-order valence-corrected chi connectivity index (χ0v) is 16.9. The van der Waals surface area contributed by atoms with Crippen LogP contribution >= 0.6 is 0 Å². The van der Waals surface area contributed by atoms with E-state index in [1.165, 1.54) is 4.90 Å². The number of rotatable bonds is 4. The van der Waals surface area contributed by atoms with Crippen LogP contribution in [0.4, 0.5) is 13.2 Å². The normalized spacial score (nSPS) is 20.0. The van der Waals surface area contributed by atoms with E-state index in [1.807, 2.05) is 0 Å². The van der Waals surface area contributed by atoms with Crippen molar-refractivity contribution in [2.75, 3.05) is 13.1 Å². The zero-order valence-electron chi connectivity index (χ0n) is 16.9.